The van der Waals surface area contributed by atoms with Gasteiger partial charge >= 0.3 is 5.97 Å². The summed E-state index contributed by atoms with van der Waals surface area (Å²) in [6, 6.07) is 17.2. The molecular weight excluding hydrogens is 366 g/mol. The molecule has 27 heavy (non-hydrogen) atoms. The fourth-order valence-corrected chi connectivity index (χ4v) is 2.56. The summed E-state index contributed by atoms with van der Waals surface area (Å²) < 4.78 is 4.72. The summed E-state index contributed by atoms with van der Waals surface area (Å²) in [5.74, 6) is -0.360. The number of carbonyl (C=O) groups is 2. The summed E-state index contributed by atoms with van der Waals surface area (Å²) in [7, 11) is 1.29. The predicted molar refractivity (Wildman–Crippen MR) is 105 cm³/mol. The lowest BCUT2D eigenvalue weighted by Crippen LogP contribution is -2.15. The number of anilines is 3. The molecule has 0 spiro atoms. The number of ether oxygens (including phenoxy) is 1. The van der Waals surface area contributed by atoms with Crippen molar-refractivity contribution in [3.8, 4) is 0 Å². The molecule has 0 unspecified atom stereocenters. The molecule has 0 atom stereocenters. The first kappa shape index (κ1) is 18.4. The summed E-state index contributed by atoms with van der Waals surface area (Å²) in [5, 5.41) is 6.35. The molecule has 1 heterocycles. The third-order valence-corrected chi connectivity index (χ3v) is 4.07. The standard InChI is InChI=1S/C20H16ClN3O3/c1-27-20(26)14-6-2-4-8-16(14)24-19(25)13-10-11-18(22-12-13)23-17-9-5-3-7-15(17)21/h2-12H,1H3,(H,22,23)(H,24,25). The molecule has 1 amide bonds. The summed E-state index contributed by atoms with van der Waals surface area (Å²) in [6.07, 6.45) is 1.44. The van der Waals surface area contributed by atoms with E-state index in [9.17, 15) is 9.59 Å². The van der Waals surface area contributed by atoms with Crippen molar-refractivity contribution in [2.75, 3.05) is 17.7 Å². The van der Waals surface area contributed by atoms with Gasteiger partial charge < -0.3 is 15.4 Å². The van der Waals surface area contributed by atoms with Gasteiger partial charge in [-0.2, -0.15) is 0 Å². The van der Waals surface area contributed by atoms with E-state index in [1.807, 2.05) is 18.2 Å². The Morgan fingerprint density at radius 1 is 0.963 bits per heavy atom. The highest BCUT2D eigenvalue weighted by atomic mass is 35.5. The fraction of sp³-hybridized carbons (Fsp3) is 0.0500. The van der Waals surface area contributed by atoms with Crippen molar-refractivity contribution in [2.24, 2.45) is 0 Å². The van der Waals surface area contributed by atoms with Crippen LogP contribution in [0.4, 0.5) is 17.2 Å². The van der Waals surface area contributed by atoms with Crippen LogP contribution in [-0.2, 0) is 4.74 Å². The van der Waals surface area contributed by atoms with E-state index in [2.05, 4.69) is 15.6 Å². The van der Waals surface area contributed by atoms with E-state index in [1.165, 1.54) is 13.3 Å². The highest BCUT2D eigenvalue weighted by Crippen LogP contribution is 2.24. The van der Waals surface area contributed by atoms with Gasteiger partial charge in [0.25, 0.3) is 5.91 Å². The minimum absolute atomic E-state index is 0.276. The minimum atomic E-state index is -0.525. The van der Waals surface area contributed by atoms with E-state index >= 15 is 0 Å². The van der Waals surface area contributed by atoms with Gasteiger partial charge in [-0.05, 0) is 36.4 Å². The number of nitrogens with one attached hydrogen (secondary N) is 2. The lowest BCUT2D eigenvalue weighted by atomic mass is 10.1. The van der Waals surface area contributed by atoms with Gasteiger partial charge in [0.2, 0.25) is 0 Å². The molecule has 7 heteroatoms. The van der Waals surface area contributed by atoms with Gasteiger partial charge in [-0.1, -0.05) is 35.9 Å². The normalized spacial score (nSPS) is 10.1. The Kier molecular flexibility index (Phi) is 5.68. The third kappa shape index (κ3) is 4.43. The number of nitrogens with zero attached hydrogens (tertiary/aromatic N) is 1. The van der Waals surface area contributed by atoms with Crippen molar-refractivity contribution in [1.82, 2.24) is 4.98 Å². The van der Waals surface area contributed by atoms with Crippen molar-refractivity contribution in [1.29, 1.82) is 0 Å². The quantitative estimate of drug-likeness (QED) is 0.635. The van der Waals surface area contributed by atoms with Crippen LogP contribution in [0.1, 0.15) is 20.7 Å². The number of carbonyl (C=O) groups excluding carboxylic acids is 2. The van der Waals surface area contributed by atoms with Crippen LogP contribution in [0.15, 0.2) is 66.9 Å². The first-order valence-electron chi connectivity index (χ1n) is 8.05. The average molecular weight is 382 g/mol. The maximum absolute atomic E-state index is 12.5. The summed E-state index contributed by atoms with van der Waals surface area (Å²) in [4.78, 5) is 28.5. The summed E-state index contributed by atoms with van der Waals surface area (Å²) in [6.45, 7) is 0. The predicted octanol–water partition coefficient (Wildman–Crippen LogP) is 4.52. The van der Waals surface area contributed by atoms with Gasteiger partial charge in [0, 0.05) is 6.20 Å². The SMILES string of the molecule is COC(=O)c1ccccc1NC(=O)c1ccc(Nc2ccccc2Cl)nc1. The van der Waals surface area contributed by atoms with Crippen molar-refractivity contribution in [2.45, 2.75) is 0 Å². The number of esters is 1. The van der Waals surface area contributed by atoms with Crippen molar-refractivity contribution in [3.63, 3.8) is 0 Å². The Labute approximate surface area is 161 Å². The number of methoxy groups -OCH3 is 1. The topological polar surface area (TPSA) is 80.3 Å². The van der Waals surface area contributed by atoms with Crippen molar-refractivity contribution < 1.29 is 14.3 Å². The second-order valence-corrected chi connectivity index (χ2v) is 5.94. The number of rotatable bonds is 5. The van der Waals surface area contributed by atoms with Crippen LogP contribution in [0.5, 0.6) is 0 Å². The molecule has 0 fully saturated rings. The fourth-order valence-electron chi connectivity index (χ4n) is 2.38. The number of para-hydroxylation sites is 2. The summed E-state index contributed by atoms with van der Waals surface area (Å²) >= 11 is 6.11. The van der Waals surface area contributed by atoms with Crippen LogP contribution < -0.4 is 10.6 Å². The van der Waals surface area contributed by atoms with Gasteiger partial charge in [0.05, 0.1) is 34.6 Å². The number of hydrogen-bond donors (Lipinski definition) is 2. The number of hydrogen-bond acceptors (Lipinski definition) is 5. The number of amides is 1. The molecule has 2 aromatic carbocycles. The molecule has 3 rings (SSSR count). The molecule has 6 nitrogen and oxygen atoms in total. The Hall–Kier alpha value is -3.38. The zero-order valence-corrected chi connectivity index (χ0v) is 15.2. The number of aromatic nitrogens is 1. The molecule has 2 N–H and O–H groups in total. The van der Waals surface area contributed by atoms with Crippen LogP contribution in [-0.4, -0.2) is 24.0 Å². The Balaban J connectivity index is 1.73. The van der Waals surface area contributed by atoms with Gasteiger partial charge in [-0.3, -0.25) is 4.79 Å². The van der Waals surface area contributed by atoms with Gasteiger partial charge in [-0.15, -0.1) is 0 Å². The highest BCUT2D eigenvalue weighted by Gasteiger charge is 2.14. The van der Waals surface area contributed by atoms with Crippen LogP contribution in [0, 0.1) is 0 Å². The average Bonchev–Trinajstić information content (AvgIpc) is 2.70. The first-order chi connectivity index (χ1) is 13.1. The molecule has 0 saturated carbocycles. The number of pyridine rings is 1. The van der Waals surface area contributed by atoms with Crippen LogP contribution in [0.25, 0.3) is 0 Å². The molecule has 136 valence electrons. The molecule has 0 aliphatic carbocycles. The third-order valence-electron chi connectivity index (χ3n) is 3.74. The maximum atomic E-state index is 12.5. The Bertz CT molecular complexity index is 974. The number of benzene rings is 2. The Morgan fingerprint density at radius 2 is 1.67 bits per heavy atom. The van der Waals surface area contributed by atoms with Gasteiger partial charge in [0.1, 0.15) is 5.82 Å². The number of halogens is 1. The van der Waals surface area contributed by atoms with E-state index in [-0.39, 0.29) is 11.5 Å². The first-order valence-corrected chi connectivity index (χ1v) is 8.42. The largest absolute Gasteiger partial charge is 0.465 e. The minimum Gasteiger partial charge on any atom is -0.465 e. The molecule has 1 aromatic heterocycles. The van der Waals surface area contributed by atoms with E-state index < -0.39 is 5.97 Å². The van der Waals surface area contributed by atoms with Gasteiger partial charge in [0.15, 0.2) is 0 Å². The molecule has 0 saturated heterocycles. The van der Waals surface area contributed by atoms with E-state index in [0.717, 1.165) is 5.69 Å². The van der Waals surface area contributed by atoms with Crippen LogP contribution in [0.2, 0.25) is 5.02 Å². The zero-order chi connectivity index (χ0) is 19.2. The second kappa shape index (κ2) is 8.33. The van der Waals surface area contributed by atoms with Gasteiger partial charge in [-0.25, -0.2) is 9.78 Å². The van der Waals surface area contributed by atoms with Crippen LogP contribution >= 0.6 is 11.6 Å². The van der Waals surface area contributed by atoms with Crippen molar-refractivity contribution >= 4 is 40.7 Å². The molecule has 0 aliphatic rings. The lowest BCUT2D eigenvalue weighted by molar-refractivity contribution is 0.0602. The maximum Gasteiger partial charge on any atom is 0.339 e. The van der Waals surface area contributed by atoms with E-state index in [0.29, 0.717) is 22.1 Å². The van der Waals surface area contributed by atoms with Crippen LogP contribution in [0.3, 0.4) is 0 Å². The lowest BCUT2D eigenvalue weighted by Gasteiger charge is -2.10. The molecule has 0 radical (unpaired) electrons. The summed E-state index contributed by atoms with van der Waals surface area (Å²) in [5.41, 5.74) is 1.71. The molecular formula is C20H16ClN3O3. The highest BCUT2D eigenvalue weighted by molar-refractivity contribution is 6.33. The second-order valence-electron chi connectivity index (χ2n) is 5.53. The zero-order valence-electron chi connectivity index (χ0n) is 14.4. The Morgan fingerprint density at radius 3 is 2.33 bits per heavy atom. The molecule has 0 aliphatic heterocycles. The monoisotopic (exact) mass is 381 g/mol. The molecule has 0 bridgehead atoms. The van der Waals surface area contributed by atoms with Crippen molar-refractivity contribution in [3.05, 3.63) is 83.0 Å². The van der Waals surface area contributed by atoms with E-state index in [1.54, 1.807) is 42.5 Å². The molecule has 3 aromatic rings. The smallest absolute Gasteiger partial charge is 0.339 e. The van der Waals surface area contributed by atoms with E-state index in [4.69, 9.17) is 16.3 Å².